The summed E-state index contributed by atoms with van der Waals surface area (Å²) in [6.07, 6.45) is 0.387. The Labute approximate surface area is 128 Å². The third-order valence-electron chi connectivity index (χ3n) is 2.71. The van der Waals surface area contributed by atoms with E-state index in [1.54, 1.807) is 24.3 Å². The summed E-state index contributed by atoms with van der Waals surface area (Å²) >= 11 is 5.80. The fourth-order valence-electron chi connectivity index (χ4n) is 1.65. The molecule has 0 saturated carbocycles. The topological polar surface area (TPSA) is 29.5 Å². The van der Waals surface area contributed by atoms with E-state index in [0.29, 0.717) is 17.0 Å². The second-order valence-corrected chi connectivity index (χ2v) is 4.77. The van der Waals surface area contributed by atoms with Crippen LogP contribution in [0.1, 0.15) is 17.5 Å². The Balaban J connectivity index is 2.07. The van der Waals surface area contributed by atoms with E-state index in [2.05, 4.69) is 11.8 Å². The summed E-state index contributed by atoms with van der Waals surface area (Å²) in [6, 6.07) is 11.6. The number of aliphatic hydroxyl groups excluding tert-OH is 1. The summed E-state index contributed by atoms with van der Waals surface area (Å²) in [4.78, 5) is 0. The van der Waals surface area contributed by atoms with Gasteiger partial charge in [0.1, 0.15) is 6.61 Å². The lowest BCUT2D eigenvalue weighted by Gasteiger charge is -2.08. The molecular weight excluding hydrogens is 291 g/mol. The van der Waals surface area contributed by atoms with Crippen LogP contribution in [0.2, 0.25) is 5.02 Å². The quantitative estimate of drug-likeness (QED) is 0.871. The number of benzene rings is 2. The van der Waals surface area contributed by atoms with Crippen LogP contribution in [-0.2, 0) is 6.61 Å². The molecule has 0 bridgehead atoms. The molecule has 2 aromatic carbocycles. The predicted molar refractivity (Wildman–Crippen MR) is 80.8 cm³/mol. The van der Waals surface area contributed by atoms with Crippen LogP contribution in [0.25, 0.3) is 0 Å². The minimum Gasteiger partial charge on any atom is -0.486 e. The molecule has 0 atom stereocenters. The van der Waals surface area contributed by atoms with Crippen molar-refractivity contribution in [3.63, 3.8) is 0 Å². The Morgan fingerprint density at radius 1 is 1.14 bits per heavy atom. The van der Waals surface area contributed by atoms with Crippen molar-refractivity contribution < 1.29 is 14.2 Å². The SMILES string of the molecule is OCCC#Cc1ccc(F)c(OCc2ccc(Cl)cc2)c1. The highest BCUT2D eigenvalue weighted by atomic mass is 35.5. The van der Waals surface area contributed by atoms with Gasteiger partial charge in [0.2, 0.25) is 0 Å². The molecule has 0 heterocycles. The first-order valence-corrected chi connectivity index (χ1v) is 6.83. The lowest BCUT2D eigenvalue weighted by Crippen LogP contribution is -1.97. The van der Waals surface area contributed by atoms with E-state index in [0.717, 1.165) is 5.56 Å². The molecule has 0 amide bonds. The molecule has 4 heteroatoms. The van der Waals surface area contributed by atoms with Gasteiger partial charge in [-0.15, -0.1) is 0 Å². The van der Waals surface area contributed by atoms with Gasteiger partial charge in [-0.25, -0.2) is 4.39 Å². The molecule has 0 saturated heterocycles. The highest BCUT2D eigenvalue weighted by Gasteiger charge is 2.04. The van der Waals surface area contributed by atoms with Crippen LogP contribution in [0.5, 0.6) is 5.75 Å². The van der Waals surface area contributed by atoms with E-state index in [-0.39, 0.29) is 19.0 Å². The summed E-state index contributed by atoms with van der Waals surface area (Å²) in [6.45, 7) is 0.260. The number of hydrogen-bond acceptors (Lipinski definition) is 2. The van der Waals surface area contributed by atoms with E-state index in [1.807, 2.05) is 12.1 Å². The predicted octanol–water partition coefficient (Wildman–Crippen LogP) is 3.79. The first kappa shape index (κ1) is 15.4. The highest BCUT2D eigenvalue weighted by molar-refractivity contribution is 6.30. The first-order valence-electron chi connectivity index (χ1n) is 6.45. The van der Waals surface area contributed by atoms with Crippen LogP contribution in [0, 0.1) is 17.7 Å². The first-order chi connectivity index (χ1) is 10.2. The molecule has 0 radical (unpaired) electrons. The van der Waals surface area contributed by atoms with Gasteiger partial charge in [0.25, 0.3) is 0 Å². The molecule has 0 aliphatic rings. The molecule has 0 spiro atoms. The van der Waals surface area contributed by atoms with Gasteiger partial charge in [0.05, 0.1) is 6.61 Å². The summed E-state index contributed by atoms with van der Waals surface area (Å²) in [5.74, 6) is 5.35. The summed E-state index contributed by atoms with van der Waals surface area (Å²) in [5.41, 5.74) is 1.55. The summed E-state index contributed by atoms with van der Waals surface area (Å²) in [5, 5.41) is 9.32. The van der Waals surface area contributed by atoms with Crippen molar-refractivity contribution in [1.29, 1.82) is 0 Å². The maximum Gasteiger partial charge on any atom is 0.165 e. The maximum absolute atomic E-state index is 13.7. The van der Waals surface area contributed by atoms with Crippen LogP contribution in [0.3, 0.4) is 0 Å². The normalized spacial score (nSPS) is 9.86. The molecule has 1 N–H and O–H groups in total. The molecule has 2 nitrogen and oxygen atoms in total. The monoisotopic (exact) mass is 304 g/mol. The van der Waals surface area contributed by atoms with Gasteiger partial charge in [0, 0.05) is 17.0 Å². The molecule has 0 fully saturated rings. The molecule has 0 aliphatic carbocycles. The molecular formula is C17H14ClFO2. The van der Waals surface area contributed by atoms with E-state index < -0.39 is 5.82 Å². The molecule has 21 heavy (non-hydrogen) atoms. The van der Waals surface area contributed by atoms with Crippen molar-refractivity contribution in [2.24, 2.45) is 0 Å². The van der Waals surface area contributed by atoms with Gasteiger partial charge in [0.15, 0.2) is 11.6 Å². The van der Waals surface area contributed by atoms with Gasteiger partial charge in [-0.1, -0.05) is 35.6 Å². The van der Waals surface area contributed by atoms with Gasteiger partial charge in [-0.3, -0.25) is 0 Å². The van der Waals surface area contributed by atoms with Crippen molar-refractivity contribution in [2.75, 3.05) is 6.61 Å². The Kier molecular flexibility index (Phi) is 5.62. The Hall–Kier alpha value is -2.02. The van der Waals surface area contributed by atoms with Crippen molar-refractivity contribution in [3.05, 3.63) is 64.4 Å². The Bertz CT molecular complexity index is 657. The van der Waals surface area contributed by atoms with Crippen molar-refractivity contribution in [3.8, 4) is 17.6 Å². The van der Waals surface area contributed by atoms with E-state index in [9.17, 15) is 4.39 Å². The molecule has 2 rings (SSSR count). The largest absolute Gasteiger partial charge is 0.486 e. The van der Waals surface area contributed by atoms with Crippen molar-refractivity contribution >= 4 is 11.6 Å². The molecule has 0 unspecified atom stereocenters. The van der Waals surface area contributed by atoms with Crippen LogP contribution in [0.15, 0.2) is 42.5 Å². The number of halogens is 2. The number of ether oxygens (including phenoxy) is 1. The molecule has 0 aliphatic heterocycles. The minimum absolute atomic E-state index is 0.00805. The Morgan fingerprint density at radius 3 is 2.62 bits per heavy atom. The zero-order valence-corrected chi connectivity index (χ0v) is 12.0. The van der Waals surface area contributed by atoms with E-state index in [4.69, 9.17) is 21.4 Å². The lowest BCUT2D eigenvalue weighted by molar-refractivity contribution is 0.290. The Morgan fingerprint density at radius 2 is 1.90 bits per heavy atom. The van der Waals surface area contributed by atoms with Gasteiger partial charge < -0.3 is 9.84 Å². The maximum atomic E-state index is 13.7. The van der Waals surface area contributed by atoms with Crippen LogP contribution < -0.4 is 4.74 Å². The van der Waals surface area contributed by atoms with Gasteiger partial charge in [-0.2, -0.15) is 0 Å². The van der Waals surface area contributed by atoms with Gasteiger partial charge >= 0.3 is 0 Å². The second-order valence-electron chi connectivity index (χ2n) is 4.34. The third-order valence-corrected chi connectivity index (χ3v) is 2.96. The van der Waals surface area contributed by atoms with Crippen molar-refractivity contribution in [1.82, 2.24) is 0 Å². The number of rotatable bonds is 4. The summed E-state index contributed by atoms with van der Waals surface area (Å²) < 4.78 is 19.2. The average Bonchev–Trinajstić information content (AvgIpc) is 2.49. The molecule has 0 aromatic heterocycles. The average molecular weight is 305 g/mol. The second kappa shape index (κ2) is 7.68. The molecule has 2 aromatic rings. The van der Waals surface area contributed by atoms with Crippen molar-refractivity contribution in [2.45, 2.75) is 13.0 Å². The lowest BCUT2D eigenvalue weighted by atomic mass is 10.2. The smallest absolute Gasteiger partial charge is 0.165 e. The zero-order chi connectivity index (χ0) is 15.1. The third kappa shape index (κ3) is 4.78. The highest BCUT2D eigenvalue weighted by Crippen LogP contribution is 2.20. The zero-order valence-electron chi connectivity index (χ0n) is 11.3. The van der Waals surface area contributed by atoms with Crippen LogP contribution in [-0.4, -0.2) is 11.7 Å². The molecule has 108 valence electrons. The van der Waals surface area contributed by atoms with Crippen LogP contribution in [0.4, 0.5) is 4.39 Å². The summed E-state index contributed by atoms with van der Waals surface area (Å²) in [7, 11) is 0. The van der Waals surface area contributed by atoms with Gasteiger partial charge in [-0.05, 0) is 35.9 Å². The fourth-order valence-corrected chi connectivity index (χ4v) is 1.78. The van der Waals surface area contributed by atoms with E-state index in [1.165, 1.54) is 6.07 Å². The van der Waals surface area contributed by atoms with Crippen LogP contribution >= 0.6 is 11.6 Å². The number of hydrogen-bond donors (Lipinski definition) is 1. The van der Waals surface area contributed by atoms with E-state index >= 15 is 0 Å². The number of aliphatic hydroxyl groups is 1. The standard InChI is InChI=1S/C17H14ClFO2/c18-15-7-4-14(5-8-15)12-21-17-11-13(3-1-2-10-20)6-9-16(17)19/h4-9,11,20H,2,10,12H2. The minimum atomic E-state index is -0.434. The fraction of sp³-hybridized carbons (Fsp3) is 0.176.